The van der Waals surface area contributed by atoms with Gasteiger partial charge in [0.15, 0.2) is 0 Å². The largest absolute Gasteiger partial charge is 0.397 e. The molecule has 2 rings (SSSR count). The van der Waals surface area contributed by atoms with Crippen molar-refractivity contribution < 1.29 is 17.2 Å². The summed E-state index contributed by atoms with van der Waals surface area (Å²) in [5.41, 5.74) is 6.46. The quantitative estimate of drug-likeness (QED) is 0.799. The van der Waals surface area contributed by atoms with Crippen LogP contribution in [0.25, 0.3) is 0 Å². The normalized spacial score (nSPS) is 14.3. The van der Waals surface area contributed by atoms with E-state index in [4.69, 9.17) is 21.9 Å². The molecular formula is C11H14ClN3O4S. The number of benzene rings is 1. The van der Waals surface area contributed by atoms with E-state index in [1.165, 1.54) is 0 Å². The van der Waals surface area contributed by atoms with Gasteiger partial charge in [-0.1, -0.05) is 23.7 Å². The summed E-state index contributed by atoms with van der Waals surface area (Å²) in [6.07, 6.45) is 3.54. The molecule has 0 unspecified atom stereocenters. The van der Waals surface area contributed by atoms with Crippen LogP contribution in [0.5, 0.6) is 0 Å². The number of aliphatic imine (C=N–C) groups is 1. The minimum Gasteiger partial charge on any atom is -0.384 e. The molecule has 20 heavy (non-hydrogen) atoms. The van der Waals surface area contributed by atoms with Crippen LogP contribution in [0.3, 0.4) is 0 Å². The maximum atomic E-state index is 9.33. The first kappa shape index (κ1) is 16.4. The Hall–Kier alpha value is -1.61. The topological polar surface area (TPSA) is 105 Å². The van der Waals surface area contributed by atoms with Crippen molar-refractivity contribution in [1.29, 1.82) is 0 Å². The number of nitrogens with two attached hydrogens (primary N) is 1. The summed E-state index contributed by atoms with van der Waals surface area (Å²) in [5, 5.41) is 0.716. The average Bonchev–Trinajstić information content (AvgIpc) is 2.40. The van der Waals surface area contributed by atoms with Gasteiger partial charge in [0.25, 0.3) is 0 Å². The Balaban J connectivity index is 0.000000286. The molecule has 0 aromatic heterocycles. The van der Waals surface area contributed by atoms with E-state index >= 15 is 0 Å². The zero-order valence-corrected chi connectivity index (χ0v) is 12.2. The van der Waals surface area contributed by atoms with Crippen LogP contribution in [0.15, 0.2) is 41.2 Å². The lowest BCUT2D eigenvalue weighted by molar-refractivity contribution is 0.324. The van der Waals surface area contributed by atoms with Crippen molar-refractivity contribution in [3.8, 4) is 0 Å². The highest BCUT2D eigenvalue weighted by Gasteiger charge is 2.08. The Morgan fingerprint density at radius 1 is 1.45 bits per heavy atom. The average molecular weight is 320 g/mol. The minimum atomic E-state index is -4.16. The molecule has 1 aliphatic rings. The summed E-state index contributed by atoms with van der Waals surface area (Å²) < 4.78 is 29.7. The van der Waals surface area contributed by atoms with E-state index in [1.807, 2.05) is 35.2 Å². The molecule has 1 heterocycles. The van der Waals surface area contributed by atoms with Crippen LogP contribution >= 0.6 is 11.6 Å². The van der Waals surface area contributed by atoms with Gasteiger partial charge in [-0.3, -0.25) is 8.74 Å². The number of anilines is 1. The smallest absolute Gasteiger partial charge is 0.384 e. The summed E-state index contributed by atoms with van der Waals surface area (Å²) >= 11 is 6.04. The van der Waals surface area contributed by atoms with Gasteiger partial charge in [0.2, 0.25) is 0 Å². The van der Waals surface area contributed by atoms with Crippen LogP contribution in [-0.4, -0.2) is 33.0 Å². The number of hydrogen-bond acceptors (Lipinski definition) is 6. The maximum Gasteiger partial charge on any atom is 0.397 e. The second-order valence-electron chi connectivity index (χ2n) is 3.57. The first-order valence-electron chi connectivity index (χ1n) is 5.37. The van der Waals surface area contributed by atoms with Crippen LogP contribution in [-0.2, 0) is 14.6 Å². The first-order chi connectivity index (χ1) is 9.33. The number of rotatable bonds is 2. The van der Waals surface area contributed by atoms with Gasteiger partial charge in [0.1, 0.15) is 5.82 Å². The van der Waals surface area contributed by atoms with Crippen LogP contribution in [0.2, 0.25) is 5.02 Å². The van der Waals surface area contributed by atoms with Crippen LogP contribution < -0.4 is 10.6 Å². The SMILES string of the molecule is COS(=O)(=O)O.NC1=CCN(c2ccccc2Cl)C=N1. The first-order valence-corrected chi connectivity index (χ1v) is 7.12. The van der Waals surface area contributed by atoms with Crippen molar-refractivity contribution >= 4 is 34.0 Å². The fourth-order valence-corrected chi connectivity index (χ4v) is 1.52. The van der Waals surface area contributed by atoms with Crippen LogP contribution in [0.4, 0.5) is 5.69 Å². The van der Waals surface area contributed by atoms with Gasteiger partial charge < -0.3 is 10.6 Å². The number of halogens is 1. The van der Waals surface area contributed by atoms with E-state index in [-0.39, 0.29) is 0 Å². The predicted molar refractivity (Wildman–Crippen MR) is 78.1 cm³/mol. The third-order valence-electron chi connectivity index (χ3n) is 2.22. The fourth-order valence-electron chi connectivity index (χ4n) is 1.27. The summed E-state index contributed by atoms with van der Waals surface area (Å²) in [4.78, 5) is 5.95. The van der Waals surface area contributed by atoms with Crippen molar-refractivity contribution in [2.75, 3.05) is 18.6 Å². The van der Waals surface area contributed by atoms with Gasteiger partial charge in [0.05, 0.1) is 24.2 Å². The number of hydrogen-bond donors (Lipinski definition) is 2. The lowest BCUT2D eigenvalue weighted by Gasteiger charge is -2.21. The lowest BCUT2D eigenvalue weighted by Crippen LogP contribution is -2.25. The fraction of sp³-hybridized carbons (Fsp3) is 0.182. The van der Waals surface area contributed by atoms with Crippen LogP contribution in [0.1, 0.15) is 0 Å². The molecule has 1 aliphatic heterocycles. The van der Waals surface area contributed by atoms with Gasteiger partial charge in [-0.2, -0.15) is 8.42 Å². The second-order valence-corrected chi connectivity index (χ2v) is 5.17. The molecule has 0 saturated carbocycles. The van der Waals surface area contributed by atoms with Crippen molar-refractivity contribution in [2.24, 2.45) is 10.7 Å². The third-order valence-corrected chi connectivity index (χ3v) is 2.96. The highest BCUT2D eigenvalue weighted by atomic mass is 35.5. The Morgan fingerprint density at radius 3 is 2.50 bits per heavy atom. The molecule has 0 bridgehead atoms. The molecule has 0 amide bonds. The van der Waals surface area contributed by atoms with E-state index in [0.717, 1.165) is 12.8 Å². The Bertz CT molecular complexity index is 616. The maximum absolute atomic E-state index is 9.33. The van der Waals surface area contributed by atoms with Gasteiger partial charge in [0, 0.05) is 6.54 Å². The molecule has 0 radical (unpaired) electrons. The molecule has 0 saturated heterocycles. The standard InChI is InChI=1S/C10H10ClN3.CH4O4S/c11-8-3-1-2-4-9(8)14-6-5-10(12)13-7-14;1-5-6(2,3)4/h1-5,7H,6,12H2;1H3,(H,2,3,4). The molecule has 1 aromatic rings. The summed E-state index contributed by atoms with van der Waals surface area (Å²) in [6.45, 7) is 0.707. The van der Waals surface area contributed by atoms with Gasteiger partial charge in [-0.25, -0.2) is 4.99 Å². The Morgan fingerprint density at radius 2 is 2.05 bits per heavy atom. The van der Waals surface area contributed by atoms with Crippen molar-refractivity contribution in [3.05, 3.63) is 41.2 Å². The van der Waals surface area contributed by atoms with E-state index in [0.29, 0.717) is 17.4 Å². The van der Waals surface area contributed by atoms with Crippen molar-refractivity contribution in [1.82, 2.24) is 0 Å². The lowest BCUT2D eigenvalue weighted by atomic mass is 10.3. The van der Waals surface area contributed by atoms with E-state index in [2.05, 4.69) is 9.18 Å². The minimum absolute atomic E-state index is 0.549. The molecule has 1 aromatic carbocycles. The molecule has 0 spiro atoms. The molecule has 7 nitrogen and oxygen atoms in total. The van der Waals surface area contributed by atoms with Crippen molar-refractivity contribution in [2.45, 2.75) is 0 Å². The zero-order chi connectivity index (χ0) is 15.2. The van der Waals surface area contributed by atoms with E-state index < -0.39 is 10.4 Å². The molecule has 3 N–H and O–H groups in total. The van der Waals surface area contributed by atoms with Crippen LogP contribution in [0, 0.1) is 0 Å². The Labute approximate surface area is 122 Å². The molecule has 0 atom stereocenters. The number of nitrogens with zero attached hydrogens (tertiary/aromatic N) is 2. The zero-order valence-electron chi connectivity index (χ0n) is 10.6. The summed E-state index contributed by atoms with van der Waals surface area (Å²) in [7, 11) is -3.29. The molecular weight excluding hydrogens is 306 g/mol. The molecule has 110 valence electrons. The predicted octanol–water partition coefficient (Wildman–Crippen LogP) is 1.42. The molecule has 9 heteroatoms. The summed E-state index contributed by atoms with van der Waals surface area (Å²) in [5.74, 6) is 0.549. The van der Waals surface area contributed by atoms with E-state index in [9.17, 15) is 8.42 Å². The molecule has 0 aliphatic carbocycles. The van der Waals surface area contributed by atoms with Gasteiger partial charge in [-0.15, -0.1) is 0 Å². The Kier molecular flexibility index (Phi) is 5.96. The second kappa shape index (κ2) is 7.25. The monoisotopic (exact) mass is 319 g/mol. The third kappa shape index (κ3) is 5.57. The number of para-hydroxylation sites is 1. The summed E-state index contributed by atoms with van der Waals surface area (Å²) in [6, 6.07) is 7.64. The van der Waals surface area contributed by atoms with Gasteiger partial charge >= 0.3 is 10.4 Å². The van der Waals surface area contributed by atoms with Gasteiger partial charge in [-0.05, 0) is 18.2 Å². The highest BCUT2D eigenvalue weighted by Crippen LogP contribution is 2.24. The van der Waals surface area contributed by atoms with E-state index in [1.54, 1.807) is 6.34 Å². The van der Waals surface area contributed by atoms with Crippen molar-refractivity contribution in [3.63, 3.8) is 0 Å². The molecule has 0 fully saturated rings. The highest BCUT2D eigenvalue weighted by molar-refractivity contribution is 7.80.